The maximum atomic E-state index is 11.5. The molecule has 86 valence electrons. The highest BCUT2D eigenvalue weighted by atomic mass is 16.5. The number of pyridine rings is 1. The molecule has 0 aliphatic heterocycles. The molecule has 0 radical (unpaired) electrons. The van der Waals surface area contributed by atoms with Crippen molar-refractivity contribution in [1.82, 2.24) is 4.98 Å². The normalized spacial score (nSPS) is 21.3. The number of nitrogens with one attached hydrogen (secondary N) is 1. The summed E-state index contributed by atoms with van der Waals surface area (Å²) in [7, 11) is 1.38. The molecular formula is C12H16N2O2. The molecule has 1 aromatic heterocycles. The Balaban J connectivity index is 2.17. The monoisotopic (exact) mass is 220 g/mol. The largest absolute Gasteiger partial charge is 0.465 e. The van der Waals surface area contributed by atoms with E-state index in [9.17, 15) is 4.79 Å². The minimum Gasteiger partial charge on any atom is -0.465 e. The average Bonchev–Trinajstić information content (AvgIpc) is 2.86. The van der Waals surface area contributed by atoms with Crippen molar-refractivity contribution in [3.05, 3.63) is 23.9 Å². The zero-order valence-corrected chi connectivity index (χ0v) is 9.78. The van der Waals surface area contributed by atoms with Gasteiger partial charge in [0.15, 0.2) is 0 Å². The number of esters is 1. The molecule has 1 aliphatic rings. The van der Waals surface area contributed by atoms with Gasteiger partial charge in [-0.3, -0.25) is 0 Å². The SMILES string of the molecule is COC(=O)c1cccnc1NC1CC1(C)C. The number of carbonyl (C=O) groups excluding carboxylic acids is 1. The van der Waals surface area contributed by atoms with Crippen LogP contribution in [-0.2, 0) is 4.74 Å². The van der Waals surface area contributed by atoms with Gasteiger partial charge in [-0.25, -0.2) is 9.78 Å². The van der Waals surface area contributed by atoms with Crippen LogP contribution in [0.5, 0.6) is 0 Å². The third-order valence-electron chi connectivity index (χ3n) is 3.04. The van der Waals surface area contributed by atoms with Crippen molar-refractivity contribution in [3.63, 3.8) is 0 Å². The first-order valence-corrected chi connectivity index (χ1v) is 5.34. The van der Waals surface area contributed by atoms with Gasteiger partial charge in [0.05, 0.1) is 7.11 Å². The summed E-state index contributed by atoms with van der Waals surface area (Å²) in [6, 6.07) is 3.84. The maximum absolute atomic E-state index is 11.5. The van der Waals surface area contributed by atoms with Crippen LogP contribution in [0.2, 0.25) is 0 Å². The van der Waals surface area contributed by atoms with Crippen molar-refractivity contribution in [3.8, 4) is 0 Å². The van der Waals surface area contributed by atoms with E-state index in [0.717, 1.165) is 6.42 Å². The number of ether oxygens (including phenoxy) is 1. The van der Waals surface area contributed by atoms with E-state index in [1.807, 2.05) is 0 Å². The number of anilines is 1. The lowest BCUT2D eigenvalue weighted by Crippen LogP contribution is -2.14. The lowest BCUT2D eigenvalue weighted by atomic mass is 10.2. The molecular weight excluding hydrogens is 204 g/mol. The Morgan fingerprint density at radius 2 is 2.31 bits per heavy atom. The first kappa shape index (κ1) is 10.9. The van der Waals surface area contributed by atoms with E-state index in [2.05, 4.69) is 24.1 Å². The average molecular weight is 220 g/mol. The van der Waals surface area contributed by atoms with E-state index in [0.29, 0.717) is 22.8 Å². The summed E-state index contributed by atoms with van der Waals surface area (Å²) in [5.41, 5.74) is 0.790. The standard InChI is InChI=1S/C12H16N2O2/c1-12(2)7-9(12)14-10-8(11(15)16-3)5-4-6-13-10/h4-6,9H,7H2,1-3H3,(H,13,14). The molecule has 1 aliphatic carbocycles. The van der Waals surface area contributed by atoms with Gasteiger partial charge in [-0.1, -0.05) is 13.8 Å². The Bertz CT molecular complexity index is 415. The zero-order chi connectivity index (χ0) is 11.8. The van der Waals surface area contributed by atoms with Gasteiger partial charge >= 0.3 is 5.97 Å². The summed E-state index contributed by atoms with van der Waals surface area (Å²) in [6.07, 6.45) is 2.77. The minimum atomic E-state index is -0.353. The lowest BCUT2D eigenvalue weighted by Gasteiger charge is -2.10. The Labute approximate surface area is 95.0 Å². The molecule has 16 heavy (non-hydrogen) atoms. The fourth-order valence-electron chi connectivity index (χ4n) is 1.67. The Hall–Kier alpha value is -1.58. The molecule has 4 nitrogen and oxygen atoms in total. The van der Waals surface area contributed by atoms with Gasteiger partial charge in [0.25, 0.3) is 0 Å². The Morgan fingerprint density at radius 1 is 1.62 bits per heavy atom. The predicted octanol–water partition coefficient (Wildman–Crippen LogP) is 2.08. The van der Waals surface area contributed by atoms with Gasteiger partial charge in [0.2, 0.25) is 0 Å². The smallest absolute Gasteiger partial charge is 0.341 e. The molecule has 0 saturated heterocycles. The third-order valence-corrected chi connectivity index (χ3v) is 3.04. The van der Waals surface area contributed by atoms with Crippen LogP contribution < -0.4 is 5.32 Å². The summed E-state index contributed by atoms with van der Waals surface area (Å²) in [6.45, 7) is 4.37. The molecule has 1 heterocycles. The molecule has 0 spiro atoms. The number of hydrogen-bond acceptors (Lipinski definition) is 4. The molecule has 1 saturated carbocycles. The van der Waals surface area contributed by atoms with Crippen LogP contribution in [-0.4, -0.2) is 24.1 Å². The van der Waals surface area contributed by atoms with Crippen LogP contribution in [0, 0.1) is 5.41 Å². The van der Waals surface area contributed by atoms with E-state index >= 15 is 0 Å². The summed E-state index contributed by atoms with van der Waals surface area (Å²) in [5, 5.41) is 3.28. The maximum Gasteiger partial charge on any atom is 0.341 e. The van der Waals surface area contributed by atoms with Crippen LogP contribution >= 0.6 is 0 Å². The van der Waals surface area contributed by atoms with Crippen LogP contribution in [0.25, 0.3) is 0 Å². The van der Waals surface area contributed by atoms with Crippen LogP contribution in [0.15, 0.2) is 18.3 Å². The zero-order valence-electron chi connectivity index (χ0n) is 9.78. The van der Waals surface area contributed by atoms with Crippen LogP contribution in [0.4, 0.5) is 5.82 Å². The molecule has 1 unspecified atom stereocenters. The number of methoxy groups -OCH3 is 1. The van der Waals surface area contributed by atoms with Crippen LogP contribution in [0.1, 0.15) is 30.6 Å². The minimum absolute atomic E-state index is 0.297. The fraction of sp³-hybridized carbons (Fsp3) is 0.500. The van der Waals surface area contributed by atoms with Gasteiger partial charge in [0, 0.05) is 12.2 Å². The molecule has 1 N–H and O–H groups in total. The van der Waals surface area contributed by atoms with Crippen molar-refractivity contribution < 1.29 is 9.53 Å². The molecule has 1 atom stereocenters. The molecule has 4 heteroatoms. The molecule has 1 aromatic rings. The van der Waals surface area contributed by atoms with Gasteiger partial charge in [-0.15, -0.1) is 0 Å². The Kier molecular flexibility index (Phi) is 2.58. The van der Waals surface area contributed by atoms with E-state index in [-0.39, 0.29) is 5.97 Å². The second-order valence-corrected chi connectivity index (χ2v) is 4.78. The summed E-state index contributed by atoms with van der Waals surface area (Å²) >= 11 is 0. The molecule has 0 bridgehead atoms. The number of aromatic nitrogens is 1. The van der Waals surface area contributed by atoms with E-state index in [1.54, 1.807) is 18.3 Å². The third kappa shape index (κ3) is 2.01. The van der Waals surface area contributed by atoms with Gasteiger partial charge < -0.3 is 10.1 Å². The molecule has 1 fully saturated rings. The highest BCUT2D eigenvalue weighted by Gasteiger charge is 2.46. The number of hydrogen-bond donors (Lipinski definition) is 1. The second kappa shape index (κ2) is 3.77. The quantitative estimate of drug-likeness (QED) is 0.792. The van der Waals surface area contributed by atoms with Crippen molar-refractivity contribution >= 4 is 11.8 Å². The summed E-state index contributed by atoms with van der Waals surface area (Å²) < 4.78 is 4.71. The predicted molar refractivity (Wildman–Crippen MR) is 61.4 cm³/mol. The topological polar surface area (TPSA) is 51.2 Å². The number of carbonyl (C=O) groups is 1. The van der Waals surface area contributed by atoms with Crippen molar-refractivity contribution in [2.45, 2.75) is 26.3 Å². The molecule has 0 aromatic carbocycles. The highest BCUT2D eigenvalue weighted by Crippen LogP contribution is 2.46. The fourth-order valence-corrected chi connectivity index (χ4v) is 1.67. The van der Waals surface area contributed by atoms with Crippen molar-refractivity contribution in [2.75, 3.05) is 12.4 Å². The highest BCUT2D eigenvalue weighted by molar-refractivity contribution is 5.94. The van der Waals surface area contributed by atoms with E-state index in [1.165, 1.54) is 7.11 Å². The van der Waals surface area contributed by atoms with Crippen LogP contribution in [0.3, 0.4) is 0 Å². The van der Waals surface area contributed by atoms with Gasteiger partial charge in [-0.2, -0.15) is 0 Å². The number of rotatable bonds is 3. The summed E-state index contributed by atoms with van der Waals surface area (Å²) in [4.78, 5) is 15.7. The number of nitrogens with zero attached hydrogens (tertiary/aromatic N) is 1. The first-order chi connectivity index (χ1) is 7.54. The first-order valence-electron chi connectivity index (χ1n) is 5.34. The van der Waals surface area contributed by atoms with Gasteiger partial charge in [-0.05, 0) is 24.0 Å². The molecule has 2 rings (SSSR count). The van der Waals surface area contributed by atoms with E-state index < -0.39 is 0 Å². The van der Waals surface area contributed by atoms with Crippen molar-refractivity contribution in [2.24, 2.45) is 5.41 Å². The molecule has 0 amide bonds. The van der Waals surface area contributed by atoms with Crippen molar-refractivity contribution in [1.29, 1.82) is 0 Å². The van der Waals surface area contributed by atoms with E-state index in [4.69, 9.17) is 4.74 Å². The lowest BCUT2D eigenvalue weighted by molar-refractivity contribution is 0.0601. The Morgan fingerprint density at radius 3 is 2.88 bits per heavy atom. The van der Waals surface area contributed by atoms with Gasteiger partial charge in [0.1, 0.15) is 11.4 Å². The second-order valence-electron chi connectivity index (χ2n) is 4.78. The summed E-state index contributed by atoms with van der Waals surface area (Å²) in [5.74, 6) is 0.263.